The van der Waals surface area contributed by atoms with Crippen molar-refractivity contribution in [2.75, 3.05) is 69.7 Å². The molecule has 3 aliphatic rings. The van der Waals surface area contributed by atoms with E-state index in [1.807, 2.05) is 0 Å². The summed E-state index contributed by atoms with van der Waals surface area (Å²) in [5.41, 5.74) is 16.5. The molecule has 3 aliphatic heterocycles. The molecule has 42 heavy (non-hydrogen) atoms. The average molecular weight is 767 g/mol. The molecule has 0 amide bonds. The SMILES string of the molecule is CCc1nc2c(c(N3CCC(N)CC3)n1)CCN(c1cccc3cccc(C)c13)C2.CN1CCCC1.C[N]([Pb])CCN. The Bertz CT molecular complexity index is 1260. The van der Waals surface area contributed by atoms with Crippen molar-refractivity contribution < 1.29 is 0 Å². The Morgan fingerprint density at radius 2 is 1.67 bits per heavy atom. The Morgan fingerprint density at radius 3 is 2.24 bits per heavy atom. The van der Waals surface area contributed by atoms with Crippen LogP contribution in [0.1, 0.15) is 55.3 Å². The van der Waals surface area contributed by atoms with Gasteiger partial charge < -0.3 is 20.4 Å². The van der Waals surface area contributed by atoms with Crippen LogP contribution in [0.15, 0.2) is 36.4 Å². The van der Waals surface area contributed by atoms with Gasteiger partial charge >= 0.3 is 54.6 Å². The first-order chi connectivity index (χ1) is 20.3. The fourth-order valence-electron chi connectivity index (χ4n) is 6.04. The average Bonchev–Trinajstić information content (AvgIpc) is 3.48. The number of benzene rings is 2. The Morgan fingerprint density at radius 1 is 0.976 bits per heavy atom. The molecule has 0 spiro atoms. The molecule has 0 unspecified atom stereocenters. The molecule has 2 saturated heterocycles. The van der Waals surface area contributed by atoms with Gasteiger partial charge in [-0.15, -0.1) is 0 Å². The molecule has 2 aromatic carbocycles. The van der Waals surface area contributed by atoms with Gasteiger partial charge in [-0.3, -0.25) is 0 Å². The normalized spacial score (nSPS) is 17.5. The van der Waals surface area contributed by atoms with Crippen molar-refractivity contribution in [1.29, 1.82) is 0 Å². The summed E-state index contributed by atoms with van der Waals surface area (Å²) in [7, 11) is 4.24. The number of likely N-dealkylation sites (N-methyl/N-ethyl adjacent to an activating group) is 1. The van der Waals surface area contributed by atoms with Crippen LogP contribution in [0.4, 0.5) is 11.5 Å². The van der Waals surface area contributed by atoms with E-state index in [4.69, 9.17) is 21.4 Å². The van der Waals surface area contributed by atoms with Gasteiger partial charge in [-0.1, -0.05) is 37.3 Å². The minimum absolute atomic E-state index is 0.328. The van der Waals surface area contributed by atoms with Crippen molar-refractivity contribution in [3.05, 3.63) is 59.0 Å². The number of hydrogen-bond acceptors (Lipinski definition) is 8. The molecule has 0 aliphatic carbocycles. The van der Waals surface area contributed by atoms with Gasteiger partial charge in [0.2, 0.25) is 0 Å². The summed E-state index contributed by atoms with van der Waals surface area (Å²) in [4.78, 5) is 17.3. The van der Waals surface area contributed by atoms with Gasteiger partial charge in [-0.25, -0.2) is 9.97 Å². The summed E-state index contributed by atoms with van der Waals surface area (Å²) in [5, 5.41) is 2.67. The predicted octanol–water partition coefficient (Wildman–Crippen LogP) is 3.66. The van der Waals surface area contributed by atoms with E-state index in [1.165, 1.54) is 59.2 Å². The van der Waals surface area contributed by atoms with E-state index in [1.54, 1.807) is 0 Å². The standard InChI is InChI=1S/C25H31N5.C5H11N.C3H9N2.Pb/c1-3-23-27-21-16-30(22-9-5-8-18-7-4-6-17(2)24(18)22)15-12-20(21)25(28-23)29-13-10-19(26)11-14-29;1-6-4-2-3-5-6;1-5-3-2-4;/h4-9,19H,3,10-16,26H2,1-2H3;2-5H2,1H3;2-4H2,1H3;/q;;-1;+1. The van der Waals surface area contributed by atoms with E-state index in [-0.39, 0.29) is 0 Å². The second-order valence-electron chi connectivity index (χ2n) is 11.9. The fourth-order valence-corrected chi connectivity index (χ4v) is 6.54. The van der Waals surface area contributed by atoms with Gasteiger partial charge in [-0.05, 0) is 76.2 Å². The molecule has 3 aromatic rings. The summed E-state index contributed by atoms with van der Waals surface area (Å²) in [6.07, 6.45) is 6.76. The fraction of sp³-hybridized carbons (Fsp3) is 0.576. The van der Waals surface area contributed by atoms with E-state index in [0.717, 1.165) is 103 Å². The zero-order chi connectivity index (χ0) is 30.1. The Balaban J connectivity index is 0.000000282. The van der Waals surface area contributed by atoms with Gasteiger partial charge in [0.25, 0.3) is 0 Å². The number of piperidine rings is 1. The number of nitrogens with zero attached hydrogens (tertiary/aromatic N) is 6. The predicted molar refractivity (Wildman–Crippen MR) is 178 cm³/mol. The van der Waals surface area contributed by atoms with Crippen molar-refractivity contribution in [3.8, 4) is 0 Å². The van der Waals surface area contributed by atoms with E-state index in [9.17, 15) is 0 Å². The van der Waals surface area contributed by atoms with Crippen molar-refractivity contribution in [2.24, 2.45) is 11.5 Å². The third-order valence-corrected chi connectivity index (χ3v) is 9.34. The van der Waals surface area contributed by atoms with E-state index < -0.39 is 0 Å². The molecule has 6 rings (SSSR count). The molecule has 8 nitrogen and oxygen atoms in total. The maximum atomic E-state index is 6.14. The molecule has 1 aromatic heterocycles. The Hall–Kier alpha value is -1.86. The molecule has 9 heteroatoms. The van der Waals surface area contributed by atoms with Crippen LogP contribution in [0, 0.1) is 6.92 Å². The molecular formula is C33H51N8Pb. The van der Waals surface area contributed by atoms with Crippen LogP contribution >= 0.6 is 0 Å². The van der Waals surface area contributed by atoms with Gasteiger partial charge in [-0.2, -0.15) is 0 Å². The molecule has 2 fully saturated rings. The quantitative estimate of drug-likeness (QED) is 0.381. The second kappa shape index (κ2) is 16.3. The summed E-state index contributed by atoms with van der Waals surface area (Å²) in [6.45, 7) is 12.7. The van der Waals surface area contributed by atoms with Gasteiger partial charge in [0.1, 0.15) is 11.6 Å². The van der Waals surface area contributed by atoms with Crippen molar-refractivity contribution in [3.63, 3.8) is 0 Å². The van der Waals surface area contributed by atoms with Crippen molar-refractivity contribution in [1.82, 2.24) is 17.6 Å². The first-order valence-corrected chi connectivity index (χ1v) is 17.5. The maximum absolute atomic E-state index is 6.14. The number of aryl methyl sites for hydroxylation is 2. The topological polar surface area (TPSA) is 90.8 Å². The van der Waals surface area contributed by atoms with E-state index >= 15 is 0 Å². The third kappa shape index (κ3) is 8.84. The summed E-state index contributed by atoms with van der Waals surface area (Å²) >= 11 is 1.13. The first-order valence-electron chi connectivity index (χ1n) is 15.7. The molecule has 4 N–H and O–H groups in total. The molecule has 0 saturated carbocycles. The van der Waals surface area contributed by atoms with Crippen molar-refractivity contribution in [2.45, 2.75) is 65.0 Å². The Labute approximate surface area is 269 Å². The molecule has 227 valence electrons. The van der Waals surface area contributed by atoms with Crippen LogP contribution < -0.4 is 21.3 Å². The van der Waals surface area contributed by atoms with Crippen LogP contribution in [0.2, 0.25) is 0 Å². The summed E-state index contributed by atoms with van der Waals surface area (Å²) in [5.74, 6) is 2.12. The molecule has 3 radical (unpaired) electrons. The third-order valence-electron chi connectivity index (χ3n) is 8.47. The number of anilines is 2. The van der Waals surface area contributed by atoms with E-state index in [0.29, 0.717) is 6.04 Å². The zero-order valence-electron chi connectivity index (χ0n) is 26.3. The van der Waals surface area contributed by atoms with Gasteiger partial charge in [0, 0.05) is 48.7 Å². The molecule has 0 atom stereocenters. The molecular weight excluding hydrogens is 716 g/mol. The van der Waals surface area contributed by atoms with Gasteiger partial charge in [0.15, 0.2) is 0 Å². The van der Waals surface area contributed by atoms with Crippen LogP contribution in [-0.2, 0) is 19.4 Å². The number of likely N-dealkylation sites (tertiary alicyclic amines) is 1. The summed E-state index contributed by atoms with van der Waals surface area (Å²) in [6, 6.07) is 13.5. The Kier molecular flexibility index (Phi) is 12.8. The number of hydrogen-bond donors (Lipinski definition) is 2. The van der Waals surface area contributed by atoms with Crippen LogP contribution in [-0.4, -0.2) is 110 Å². The minimum atomic E-state index is 0.328. The molecule has 4 heterocycles. The monoisotopic (exact) mass is 767 g/mol. The summed E-state index contributed by atoms with van der Waals surface area (Å²) < 4.78 is 2.19. The number of aromatic nitrogens is 2. The second-order valence-corrected chi connectivity index (χ2v) is 14.9. The van der Waals surface area contributed by atoms with E-state index in [2.05, 4.69) is 81.8 Å². The van der Waals surface area contributed by atoms with Gasteiger partial charge in [0.05, 0.1) is 12.2 Å². The number of rotatable bonds is 5. The zero-order valence-corrected chi connectivity index (χ0v) is 30.2. The first kappa shape index (κ1) is 33.0. The van der Waals surface area contributed by atoms with Crippen LogP contribution in [0.3, 0.4) is 0 Å². The van der Waals surface area contributed by atoms with Crippen LogP contribution in [0.25, 0.3) is 10.8 Å². The van der Waals surface area contributed by atoms with Crippen molar-refractivity contribution >= 4 is 48.3 Å². The molecule has 0 bridgehead atoms. The van der Waals surface area contributed by atoms with Crippen LogP contribution in [0.5, 0.6) is 0 Å². The number of fused-ring (bicyclic) bond motifs is 2. The number of nitrogens with two attached hydrogens (primary N) is 2.